The second kappa shape index (κ2) is 8.94. The average molecular weight is 431 g/mol. The first-order valence-electron chi connectivity index (χ1n) is 10.3. The van der Waals surface area contributed by atoms with Gasteiger partial charge in [0.1, 0.15) is 42.1 Å². The molecule has 0 bridgehead atoms. The molecule has 7 nitrogen and oxygen atoms in total. The predicted molar refractivity (Wildman–Crippen MR) is 111 cm³/mol. The third kappa shape index (κ3) is 4.05. The lowest BCUT2D eigenvalue weighted by Crippen LogP contribution is -2.55. The van der Waals surface area contributed by atoms with Crippen LogP contribution in [0.2, 0.25) is 0 Å². The number of rotatable bonds is 6. The molecule has 4 rings (SSSR count). The Hall–Kier alpha value is -2.49. The molecule has 31 heavy (non-hydrogen) atoms. The number of aromatic amines is 1. The third-order valence-corrected chi connectivity index (χ3v) is 5.70. The molecule has 8 heteroatoms. The number of hydrogen-bond acceptors (Lipinski definition) is 6. The van der Waals surface area contributed by atoms with Crippen LogP contribution in [0.4, 0.5) is 4.39 Å². The molecule has 0 spiro atoms. The van der Waals surface area contributed by atoms with Crippen molar-refractivity contribution < 1.29 is 34.3 Å². The lowest BCUT2D eigenvalue weighted by Gasteiger charge is -2.40. The summed E-state index contributed by atoms with van der Waals surface area (Å²) in [5, 5.41) is 40.8. The van der Waals surface area contributed by atoms with Crippen LogP contribution in [0.25, 0.3) is 10.9 Å². The zero-order valence-corrected chi connectivity index (χ0v) is 17.0. The summed E-state index contributed by atoms with van der Waals surface area (Å²) in [5.74, 6) is 0.302. The molecule has 1 saturated heterocycles. The van der Waals surface area contributed by atoms with Gasteiger partial charge in [0.25, 0.3) is 0 Å². The van der Waals surface area contributed by atoms with Gasteiger partial charge in [0, 0.05) is 17.3 Å². The van der Waals surface area contributed by atoms with E-state index in [1.807, 2.05) is 31.2 Å². The molecule has 1 aliphatic rings. The van der Waals surface area contributed by atoms with Gasteiger partial charge in [-0.3, -0.25) is 0 Å². The molecule has 166 valence electrons. The second-order valence-corrected chi connectivity index (χ2v) is 7.68. The van der Waals surface area contributed by atoms with Crippen molar-refractivity contribution in [2.75, 3.05) is 13.2 Å². The van der Waals surface area contributed by atoms with Crippen LogP contribution in [-0.4, -0.2) is 63.0 Å². The summed E-state index contributed by atoms with van der Waals surface area (Å²) in [6.45, 7) is 1.91. The number of aliphatic hydroxyl groups excluding tert-OH is 4. The lowest BCUT2D eigenvalue weighted by atomic mass is 9.90. The van der Waals surface area contributed by atoms with Gasteiger partial charge in [-0.2, -0.15) is 0 Å². The fourth-order valence-electron chi connectivity index (χ4n) is 4.13. The average Bonchev–Trinajstić information content (AvgIpc) is 3.13. The van der Waals surface area contributed by atoms with Gasteiger partial charge in [-0.25, -0.2) is 4.39 Å². The molecule has 0 amide bonds. The number of fused-ring (bicyclic) bond motifs is 1. The summed E-state index contributed by atoms with van der Waals surface area (Å²) in [7, 11) is 0. The quantitative estimate of drug-likeness (QED) is 0.407. The van der Waals surface area contributed by atoms with Crippen molar-refractivity contribution in [3.05, 3.63) is 65.1 Å². The lowest BCUT2D eigenvalue weighted by molar-refractivity contribution is -0.232. The molecule has 0 radical (unpaired) electrons. The highest BCUT2D eigenvalue weighted by molar-refractivity contribution is 5.86. The number of H-pyrrole nitrogens is 1. The minimum atomic E-state index is -1.52. The molecule has 3 aromatic rings. The molecule has 0 aliphatic carbocycles. The van der Waals surface area contributed by atoms with Crippen LogP contribution in [0.15, 0.2) is 42.5 Å². The van der Waals surface area contributed by atoms with E-state index in [4.69, 9.17) is 9.47 Å². The summed E-state index contributed by atoms with van der Waals surface area (Å²) in [4.78, 5) is 3.11. The molecule has 5 atom stereocenters. The van der Waals surface area contributed by atoms with Crippen molar-refractivity contribution in [3.63, 3.8) is 0 Å². The van der Waals surface area contributed by atoms with Crippen molar-refractivity contribution >= 4 is 10.9 Å². The van der Waals surface area contributed by atoms with E-state index in [0.717, 1.165) is 11.3 Å². The smallest absolute Gasteiger partial charge is 0.132 e. The minimum Gasteiger partial charge on any atom is -0.494 e. The number of ether oxygens (including phenoxy) is 2. The SMILES string of the molecule is CCOc1ccc(Cc2c([C@@H]3O[C@H](CO)[C@@H](O)[C@H](O)[C@H]3O)[nH]c3cccc(F)c23)cc1. The molecule has 1 fully saturated rings. The van der Waals surface area contributed by atoms with Gasteiger partial charge < -0.3 is 34.9 Å². The van der Waals surface area contributed by atoms with Crippen LogP contribution in [-0.2, 0) is 11.2 Å². The highest BCUT2D eigenvalue weighted by Gasteiger charge is 2.45. The zero-order valence-electron chi connectivity index (χ0n) is 17.0. The van der Waals surface area contributed by atoms with E-state index in [0.29, 0.717) is 35.2 Å². The largest absolute Gasteiger partial charge is 0.494 e. The molecule has 1 aromatic heterocycles. The van der Waals surface area contributed by atoms with Crippen molar-refractivity contribution in [1.29, 1.82) is 0 Å². The first-order valence-corrected chi connectivity index (χ1v) is 10.3. The fourth-order valence-corrected chi connectivity index (χ4v) is 4.13. The second-order valence-electron chi connectivity index (χ2n) is 7.68. The van der Waals surface area contributed by atoms with Crippen LogP contribution in [0.1, 0.15) is 29.8 Å². The maximum absolute atomic E-state index is 14.8. The predicted octanol–water partition coefficient (Wildman–Crippen LogP) is 1.81. The van der Waals surface area contributed by atoms with E-state index >= 15 is 0 Å². The Morgan fingerprint density at radius 1 is 1.03 bits per heavy atom. The minimum absolute atomic E-state index is 0.331. The highest BCUT2D eigenvalue weighted by atomic mass is 19.1. The Labute approximate surface area is 178 Å². The van der Waals surface area contributed by atoms with Crippen LogP contribution < -0.4 is 4.74 Å². The topological polar surface area (TPSA) is 115 Å². The van der Waals surface area contributed by atoms with E-state index < -0.39 is 42.9 Å². The first kappa shape index (κ1) is 21.7. The summed E-state index contributed by atoms with van der Waals surface area (Å²) >= 11 is 0. The fraction of sp³-hybridized carbons (Fsp3) is 0.391. The van der Waals surface area contributed by atoms with Gasteiger partial charge in [-0.1, -0.05) is 18.2 Å². The molecule has 5 N–H and O–H groups in total. The van der Waals surface area contributed by atoms with Crippen LogP contribution in [0.3, 0.4) is 0 Å². The van der Waals surface area contributed by atoms with E-state index in [1.165, 1.54) is 6.07 Å². The third-order valence-electron chi connectivity index (χ3n) is 5.70. The van der Waals surface area contributed by atoms with Crippen molar-refractivity contribution in [2.45, 2.75) is 43.9 Å². The Kier molecular flexibility index (Phi) is 6.27. The van der Waals surface area contributed by atoms with E-state index in [2.05, 4.69) is 4.98 Å². The molecule has 0 saturated carbocycles. The Morgan fingerprint density at radius 2 is 1.77 bits per heavy atom. The van der Waals surface area contributed by atoms with Crippen LogP contribution >= 0.6 is 0 Å². The number of aliphatic hydroxyl groups is 4. The summed E-state index contributed by atoms with van der Waals surface area (Å²) in [5.41, 5.74) is 2.37. The number of hydrogen-bond donors (Lipinski definition) is 5. The van der Waals surface area contributed by atoms with Gasteiger partial charge in [-0.15, -0.1) is 0 Å². The number of halogens is 1. The van der Waals surface area contributed by atoms with Gasteiger partial charge >= 0.3 is 0 Å². The van der Waals surface area contributed by atoms with Crippen molar-refractivity contribution in [2.24, 2.45) is 0 Å². The maximum Gasteiger partial charge on any atom is 0.132 e. The number of nitrogens with one attached hydrogen (secondary N) is 1. The van der Waals surface area contributed by atoms with E-state index in [-0.39, 0.29) is 0 Å². The molecule has 2 aromatic carbocycles. The summed E-state index contributed by atoms with van der Waals surface area (Å²) in [6.07, 6.45) is -6.26. The van der Waals surface area contributed by atoms with E-state index in [9.17, 15) is 24.8 Å². The van der Waals surface area contributed by atoms with Crippen LogP contribution in [0, 0.1) is 5.82 Å². The van der Waals surface area contributed by atoms with Gasteiger partial charge in [0.05, 0.1) is 18.9 Å². The number of benzene rings is 2. The Bertz CT molecular complexity index is 1030. The van der Waals surface area contributed by atoms with Gasteiger partial charge in [0.2, 0.25) is 0 Å². The monoisotopic (exact) mass is 431 g/mol. The zero-order chi connectivity index (χ0) is 22.1. The van der Waals surface area contributed by atoms with Gasteiger partial charge in [-0.05, 0) is 42.3 Å². The molecule has 0 unspecified atom stereocenters. The Morgan fingerprint density at radius 3 is 2.45 bits per heavy atom. The molecular formula is C23H26FNO6. The normalized spacial score (nSPS) is 26.3. The Balaban J connectivity index is 1.78. The highest BCUT2D eigenvalue weighted by Crippen LogP contribution is 2.38. The van der Waals surface area contributed by atoms with E-state index in [1.54, 1.807) is 12.1 Å². The molecule has 1 aliphatic heterocycles. The molecular weight excluding hydrogens is 405 g/mol. The van der Waals surface area contributed by atoms with Gasteiger partial charge in [0.15, 0.2) is 0 Å². The van der Waals surface area contributed by atoms with Crippen molar-refractivity contribution in [1.82, 2.24) is 4.98 Å². The van der Waals surface area contributed by atoms with Crippen LogP contribution in [0.5, 0.6) is 5.75 Å². The summed E-state index contributed by atoms with van der Waals surface area (Å²) < 4.78 is 26.0. The standard InChI is InChI=1S/C23H26FNO6/c1-2-30-13-8-6-12(7-9-13)10-14-18-15(24)4-3-5-16(18)25-19(14)23-22(29)21(28)20(27)17(11-26)31-23/h3-9,17,20-23,25-29H,2,10-11H2,1H3/t17-,20-,21+,22-,23+/m1/s1. The maximum atomic E-state index is 14.8. The number of aromatic nitrogens is 1. The first-order chi connectivity index (χ1) is 14.9. The molecule has 2 heterocycles. The van der Waals surface area contributed by atoms with Crippen molar-refractivity contribution in [3.8, 4) is 5.75 Å². The summed E-state index contributed by atoms with van der Waals surface area (Å²) in [6, 6.07) is 12.1.